The monoisotopic (exact) mass is 209 g/mol. The quantitative estimate of drug-likeness (QED) is 0.653. The first kappa shape index (κ1) is 10.2. The number of hydrogen-bond acceptors (Lipinski definition) is 3. The summed E-state index contributed by atoms with van der Waals surface area (Å²) < 4.78 is 1.36. The maximum atomic E-state index is 11.3. The second-order valence-electron chi connectivity index (χ2n) is 3.88. The second-order valence-corrected chi connectivity index (χ2v) is 3.88. The second kappa shape index (κ2) is 4.44. The van der Waals surface area contributed by atoms with Gasteiger partial charge in [0.1, 0.15) is 0 Å². The van der Waals surface area contributed by atoms with Crippen LogP contribution >= 0.6 is 0 Å². The summed E-state index contributed by atoms with van der Waals surface area (Å²) in [6.45, 7) is 1.46. The first-order valence-electron chi connectivity index (χ1n) is 5.29. The number of nitrogens with one attached hydrogen (secondary N) is 2. The minimum atomic E-state index is -0.232. The average Bonchev–Trinajstić information content (AvgIpc) is 3.01. The highest BCUT2D eigenvalue weighted by Crippen LogP contribution is 2.18. The molecule has 2 N–H and O–H groups in total. The Balaban J connectivity index is 1.83. The Morgan fingerprint density at radius 1 is 1.40 bits per heavy atom. The Labute approximate surface area is 87.1 Å². The smallest absolute Gasteiger partial charge is 0.265 e. The van der Waals surface area contributed by atoms with E-state index in [1.165, 1.54) is 29.7 Å². The lowest BCUT2D eigenvalue weighted by molar-refractivity contribution is 0.516. The van der Waals surface area contributed by atoms with Gasteiger partial charge in [0.05, 0.1) is 0 Å². The summed E-state index contributed by atoms with van der Waals surface area (Å²) in [5, 5.41) is 5.85. The van der Waals surface area contributed by atoms with Gasteiger partial charge in [0.25, 0.3) is 11.1 Å². The van der Waals surface area contributed by atoms with Gasteiger partial charge in [0.2, 0.25) is 0 Å². The lowest BCUT2D eigenvalue weighted by atomic mass is 10.4. The van der Waals surface area contributed by atoms with Gasteiger partial charge in [0.15, 0.2) is 0 Å². The van der Waals surface area contributed by atoms with Crippen molar-refractivity contribution in [3.8, 4) is 0 Å². The summed E-state index contributed by atoms with van der Waals surface area (Å²) in [7, 11) is 0. The van der Waals surface area contributed by atoms with Crippen molar-refractivity contribution in [3.05, 3.63) is 32.8 Å². The van der Waals surface area contributed by atoms with Crippen LogP contribution in [0.1, 0.15) is 19.3 Å². The van der Waals surface area contributed by atoms with E-state index in [1.807, 2.05) is 0 Å². The van der Waals surface area contributed by atoms with Crippen LogP contribution in [0, 0.1) is 0 Å². The number of rotatable bonds is 5. The van der Waals surface area contributed by atoms with Gasteiger partial charge >= 0.3 is 0 Å². The molecule has 1 saturated carbocycles. The van der Waals surface area contributed by atoms with Crippen molar-refractivity contribution in [3.63, 3.8) is 0 Å². The topological polar surface area (TPSA) is 66.9 Å². The molecule has 82 valence electrons. The van der Waals surface area contributed by atoms with E-state index in [-0.39, 0.29) is 11.1 Å². The minimum Gasteiger partial charge on any atom is -0.314 e. The molecule has 0 amide bonds. The molecular weight excluding hydrogens is 194 g/mol. The molecule has 15 heavy (non-hydrogen) atoms. The predicted octanol–water partition coefficient (Wildman–Crippen LogP) is -0.321. The summed E-state index contributed by atoms with van der Waals surface area (Å²) in [5.74, 6) is 0. The van der Waals surface area contributed by atoms with Gasteiger partial charge in [0, 0.05) is 24.7 Å². The predicted molar refractivity (Wildman–Crippen MR) is 57.0 cm³/mol. The molecule has 1 heterocycles. The largest absolute Gasteiger partial charge is 0.314 e. The number of aromatic amines is 1. The summed E-state index contributed by atoms with van der Waals surface area (Å²) in [6, 6.07) is 3.24. The van der Waals surface area contributed by atoms with Gasteiger partial charge in [-0.2, -0.15) is 0 Å². The van der Waals surface area contributed by atoms with Crippen LogP contribution in [0.2, 0.25) is 0 Å². The molecule has 0 spiro atoms. The van der Waals surface area contributed by atoms with Crippen LogP contribution in [-0.4, -0.2) is 22.4 Å². The van der Waals surface area contributed by atoms with Gasteiger partial charge < -0.3 is 5.32 Å². The molecule has 1 aromatic rings. The van der Waals surface area contributed by atoms with E-state index in [0.717, 1.165) is 13.0 Å². The molecule has 5 heteroatoms. The van der Waals surface area contributed by atoms with E-state index in [1.54, 1.807) is 0 Å². The molecule has 1 aromatic heterocycles. The molecule has 1 aliphatic carbocycles. The van der Waals surface area contributed by atoms with E-state index >= 15 is 0 Å². The summed E-state index contributed by atoms with van der Waals surface area (Å²) in [5.41, 5.74) is -0.384. The highest BCUT2D eigenvalue weighted by molar-refractivity contribution is 4.86. The number of aryl methyl sites for hydroxylation is 1. The first-order chi connectivity index (χ1) is 7.25. The van der Waals surface area contributed by atoms with E-state index < -0.39 is 0 Å². The van der Waals surface area contributed by atoms with Crippen LogP contribution in [0.4, 0.5) is 0 Å². The Kier molecular flexibility index (Phi) is 3.01. The van der Waals surface area contributed by atoms with Crippen molar-refractivity contribution < 1.29 is 0 Å². The SMILES string of the molecule is O=c1ccc(=O)n(CCCNC2CC2)[nH]1. The highest BCUT2D eigenvalue weighted by Gasteiger charge is 2.19. The molecule has 0 atom stereocenters. The zero-order valence-electron chi connectivity index (χ0n) is 8.53. The molecule has 1 fully saturated rings. The fourth-order valence-corrected chi connectivity index (χ4v) is 1.46. The highest BCUT2D eigenvalue weighted by atomic mass is 16.1. The van der Waals surface area contributed by atoms with Crippen LogP contribution in [0.25, 0.3) is 0 Å². The van der Waals surface area contributed by atoms with Gasteiger partial charge in [-0.15, -0.1) is 0 Å². The van der Waals surface area contributed by atoms with E-state index in [2.05, 4.69) is 10.4 Å². The average molecular weight is 209 g/mol. The van der Waals surface area contributed by atoms with Crippen molar-refractivity contribution in [1.82, 2.24) is 15.1 Å². The number of hydrogen-bond donors (Lipinski definition) is 2. The van der Waals surface area contributed by atoms with Gasteiger partial charge in [-0.1, -0.05) is 0 Å². The van der Waals surface area contributed by atoms with E-state index in [9.17, 15) is 9.59 Å². The number of H-pyrrole nitrogens is 1. The fraction of sp³-hybridized carbons (Fsp3) is 0.600. The van der Waals surface area contributed by atoms with Crippen LogP contribution < -0.4 is 16.4 Å². The van der Waals surface area contributed by atoms with Gasteiger partial charge in [-0.05, 0) is 25.8 Å². The molecule has 0 bridgehead atoms. The zero-order chi connectivity index (χ0) is 10.7. The Bertz CT molecular complexity index is 431. The molecule has 0 aromatic carbocycles. The lowest BCUT2D eigenvalue weighted by Crippen LogP contribution is -2.29. The summed E-state index contributed by atoms with van der Waals surface area (Å²) >= 11 is 0. The van der Waals surface area contributed by atoms with Crippen molar-refractivity contribution in [1.29, 1.82) is 0 Å². The minimum absolute atomic E-state index is 0.152. The third kappa shape index (κ3) is 3.06. The van der Waals surface area contributed by atoms with Crippen LogP contribution in [0.5, 0.6) is 0 Å². The normalized spacial score (nSPS) is 15.5. The fourth-order valence-electron chi connectivity index (χ4n) is 1.46. The standard InChI is InChI=1S/C10H15N3O2/c14-9-4-5-10(15)13(12-9)7-1-6-11-8-2-3-8/h4-5,8,11H,1-3,6-7H2,(H,12,14). The van der Waals surface area contributed by atoms with Gasteiger partial charge in [-0.25, -0.2) is 0 Å². The maximum absolute atomic E-state index is 11.3. The first-order valence-corrected chi connectivity index (χ1v) is 5.29. The van der Waals surface area contributed by atoms with Crippen LogP contribution in [0.3, 0.4) is 0 Å². The Hall–Kier alpha value is -1.36. The molecule has 2 rings (SSSR count). The third-order valence-corrected chi connectivity index (χ3v) is 2.46. The van der Waals surface area contributed by atoms with Crippen molar-refractivity contribution in [2.75, 3.05) is 6.54 Å². The molecule has 0 saturated heterocycles. The Morgan fingerprint density at radius 3 is 2.93 bits per heavy atom. The zero-order valence-corrected chi connectivity index (χ0v) is 8.53. The number of nitrogens with zero attached hydrogens (tertiary/aromatic N) is 1. The van der Waals surface area contributed by atoms with Crippen LogP contribution in [0.15, 0.2) is 21.7 Å². The molecule has 0 unspecified atom stereocenters. The summed E-state index contributed by atoms with van der Waals surface area (Å²) in [4.78, 5) is 22.2. The van der Waals surface area contributed by atoms with E-state index in [0.29, 0.717) is 12.6 Å². The maximum Gasteiger partial charge on any atom is 0.265 e. The van der Waals surface area contributed by atoms with Crippen molar-refractivity contribution in [2.45, 2.75) is 31.8 Å². The van der Waals surface area contributed by atoms with Gasteiger partial charge in [-0.3, -0.25) is 19.4 Å². The van der Waals surface area contributed by atoms with Crippen molar-refractivity contribution >= 4 is 0 Å². The Morgan fingerprint density at radius 2 is 2.20 bits per heavy atom. The van der Waals surface area contributed by atoms with Crippen molar-refractivity contribution in [2.24, 2.45) is 0 Å². The molecule has 0 radical (unpaired) electrons. The third-order valence-electron chi connectivity index (χ3n) is 2.46. The number of aromatic nitrogens is 2. The summed E-state index contributed by atoms with van der Waals surface area (Å²) in [6.07, 6.45) is 3.39. The molecule has 1 aliphatic rings. The molecule has 0 aliphatic heterocycles. The van der Waals surface area contributed by atoms with Crippen LogP contribution in [-0.2, 0) is 6.54 Å². The molecule has 5 nitrogen and oxygen atoms in total. The lowest BCUT2D eigenvalue weighted by Gasteiger charge is -2.05. The van der Waals surface area contributed by atoms with E-state index in [4.69, 9.17) is 0 Å². The molecular formula is C10H15N3O2.